The molecular formula is C21H27N5O2S. The van der Waals surface area contributed by atoms with Gasteiger partial charge in [0.05, 0.1) is 23.4 Å². The van der Waals surface area contributed by atoms with Gasteiger partial charge in [0.1, 0.15) is 5.01 Å². The first-order valence-electron chi connectivity index (χ1n) is 9.91. The maximum Gasteiger partial charge on any atom is 0.261 e. The Morgan fingerprint density at radius 2 is 1.79 bits per heavy atom. The monoisotopic (exact) mass is 413 g/mol. The van der Waals surface area contributed by atoms with E-state index in [-0.39, 0.29) is 11.8 Å². The van der Waals surface area contributed by atoms with Crippen LogP contribution in [0.15, 0.2) is 29.3 Å². The molecule has 0 fully saturated rings. The van der Waals surface area contributed by atoms with E-state index in [0.29, 0.717) is 30.8 Å². The van der Waals surface area contributed by atoms with Crippen LogP contribution in [0.3, 0.4) is 0 Å². The molecule has 1 aromatic heterocycles. The summed E-state index contributed by atoms with van der Waals surface area (Å²) >= 11 is 1.67. The van der Waals surface area contributed by atoms with Crippen molar-refractivity contribution in [2.24, 2.45) is 4.99 Å². The Labute approximate surface area is 175 Å². The van der Waals surface area contributed by atoms with Crippen molar-refractivity contribution in [3.63, 3.8) is 0 Å². The van der Waals surface area contributed by atoms with Crippen LogP contribution in [0.5, 0.6) is 0 Å². The molecule has 8 heteroatoms. The van der Waals surface area contributed by atoms with Crippen molar-refractivity contribution in [1.29, 1.82) is 0 Å². The van der Waals surface area contributed by atoms with Crippen LogP contribution in [0.25, 0.3) is 0 Å². The number of nitrogens with one attached hydrogen (secondary N) is 2. The maximum absolute atomic E-state index is 12.4. The number of benzene rings is 1. The van der Waals surface area contributed by atoms with Crippen LogP contribution in [0, 0.1) is 13.8 Å². The van der Waals surface area contributed by atoms with Gasteiger partial charge < -0.3 is 10.6 Å². The molecule has 2 N–H and O–H groups in total. The number of carbonyl (C=O) groups is 2. The Bertz CT molecular complexity index is 867. The quantitative estimate of drug-likeness (QED) is 0.301. The zero-order valence-electron chi connectivity index (χ0n) is 17.1. The molecule has 0 radical (unpaired) electrons. The lowest BCUT2D eigenvalue weighted by Crippen LogP contribution is -2.38. The number of aliphatic imine (C=N–C) groups is 1. The molecule has 1 aromatic carbocycles. The van der Waals surface area contributed by atoms with E-state index in [4.69, 9.17) is 0 Å². The van der Waals surface area contributed by atoms with Gasteiger partial charge in [-0.15, -0.1) is 11.3 Å². The van der Waals surface area contributed by atoms with E-state index in [0.717, 1.165) is 36.0 Å². The van der Waals surface area contributed by atoms with Gasteiger partial charge in [-0.1, -0.05) is 12.1 Å². The normalized spacial score (nSPS) is 13.8. The van der Waals surface area contributed by atoms with Crippen molar-refractivity contribution in [3.8, 4) is 0 Å². The number of hydrogen-bond donors (Lipinski definition) is 2. The summed E-state index contributed by atoms with van der Waals surface area (Å²) in [7, 11) is 0. The molecule has 0 bridgehead atoms. The van der Waals surface area contributed by atoms with E-state index in [9.17, 15) is 9.59 Å². The summed E-state index contributed by atoms with van der Waals surface area (Å²) in [6.07, 6.45) is 1.57. The highest BCUT2D eigenvalue weighted by Crippen LogP contribution is 2.22. The minimum atomic E-state index is -0.192. The Morgan fingerprint density at radius 3 is 2.38 bits per heavy atom. The molecule has 2 heterocycles. The van der Waals surface area contributed by atoms with E-state index < -0.39 is 0 Å². The van der Waals surface area contributed by atoms with Gasteiger partial charge in [0.25, 0.3) is 11.8 Å². The molecule has 0 atom stereocenters. The number of thiazole rings is 1. The first-order valence-corrected chi connectivity index (χ1v) is 10.7. The van der Waals surface area contributed by atoms with Crippen LogP contribution >= 0.6 is 11.3 Å². The summed E-state index contributed by atoms with van der Waals surface area (Å²) in [5.74, 6) is 0.365. The number of carbonyl (C=O) groups excluding carboxylic acids is 2. The highest BCUT2D eigenvalue weighted by atomic mass is 32.1. The van der Waals surface area contributed by atoms with Crippen molar-refractivity contribution in [1.82, 2.24) is 20.5 Å². The Hall–Kier alpha value is -2.74. The predicted molar refractivity (Wildman–Crippen MR) is 115 cm³/mol. The van der Waals surface area contributed by atoms with Gasteiger partial charge in [0, 0.05) is 24.5 Å². The van der Waals surface area contributed by atoms with Gasteiger partial charge in [-0.25, -0.2) is 9.98 Å². The van der Waals surface area contributed by atoms with E-state index in [1.807, 2.05) is 13.8 Å². The third-order valence-electron chi connectivity index (χ3n) is 4.77. The van der Waals surface area contributed by atoms with E-state index in [1.165, 1.54) is 9.78 Å². The average molecular weight is 414 g/mol. The number of fused-ring (bicyclic) bond motifs is 1. The van der Waals surface area contributed by atoms with Gasteiger partial charge in [-0.3, -0.25) is 14.5 Å². The lowest BCUT2D eigenvalue weighted by atomic mass is 10.1. The summed E-state index contributed by atoms with van der Waals surface area (Å²) in [5, 5.41) is 7.54. The topological polar surface area (TPSA) is 86.7 Å². The molecule has 0 saturated heterocycles. The molecule has 0 aliphatic carbocycles. The molecule has 7 nitrogen and oxygen atoms in total. The van der Waals surface area contributed by atoms with Gasteiger partial charge in [-0.2, -0.15) is 0 Å². The lowest BCUT2D eigenvalue weighted by molar-refractivity contribution is 0.0652. The smallest absolute Gasteiger partial charge is 0.261 e. The Morgan fingerprint density at radius 1 is 1.10 bits per heavy atom. The van der Waals surface area contributed by atoms with Crippen molar-refractivity contribution in [2.75, 3.05) is 19.6 Å². The van der Waals surface area contributed by atoms with Gasteiger partial charge in [0.2, 0.25) is 0 Å². The lowest BCUT2D eigenvalue weighted by Gasteiger charge is -2.14. The molecule has 1 aliphatic rings. The molecular weight excluding hydrogens is 386 g/mol. The Kier molecular flexibility index (Phi) is 6.98. The molecule has 0 spiro atoms. The number of unbranched alkanes of at least 4 members (excludes halogenated alkanes) is 1. The third-order valence-corrected chi connectivity index (χ3v) is 5.83. The Balaban J connectivity index is 1.44. The highest BCUT2D eigenvalue weighted by Gasteiger charge is 2.34. The van der Waals surface area contributed by atoms with Crippen molar-refractivity contribution < 1.29 is 9.59 Å². The standard InChI is InChI=1S/C21H27N5O2S/c1-4-22-21(24-13-18-25-14(2)15(3)29-18)23-11-7-8-12-26-19(27)16-9-5-6-10-17(16)20(26)28/h5-6,9-10H,4,7-8,11-13H2,1-3H3,(H2,22,23,24). The number of imide groups is 1. The van der Waals surface area contributed by atoms with Crippen molar-refractivity contribution in [2.45, 2.75) is 40.2 Å². The molecule has 154 valence electrons. The van der Waals surface area contributed by atoms with E-state index >= 15 is 0 Å². The summed E-state index contributed by atoms with van der Waals surface area (Å²) in [6, 6.07) is 6.99. The maximum atomic E-state index is 12.4. The summed E-state index contributed by atoms with van der Waals surface area (Å²) < 4.78 is 0. The second kappa shape index (κ2) is 9.65. The molecule has 2 amide bonds. The summed E-state index contributed by atoms with van der Waals surface area (Å²) in [5.41, 5.74) is 2.07. The zero-order valence-corrected chi connectivity index (χ0v) is 17.9. The average Bonchev–Trinajstić information content (AvgIpc) is 3.16. The largest absolute Gasteiger partial charge is 0.357 e. The van der Waals surface area contributed by atoms with Crippen molar-refractivity contribution >= 4 is 29.1 Å². The van der Waals surface area contributed by atoms with Crippen LogP contribution in [0.4, 0.5) is 0 Å². The second-order valence-electron chi connectivity index (χ2n) is 6.89. The second-order valence-corrected chi connectivity index (χ2v) is 8.17. The number of nitrogens with zero attached hydrogens (tertiary/aromatic N) is 3. The summed E-state index contributed by atoms with van der Waals surface area (Å²) in [4.78, 5) is 36.4. The van der Waals surface area contributed by atoms with Crippen molar-refractivity contribution in [3.05, 3.63) is 51.0 Å². The zero-order chi connectivity index (χ0) is 20.8. The molecule has 3 rings (SSSR count). The predicted octanol–water partition coefficient (Wildman–Crippen LogP) is 2.89. The van der Waals surface area contributed by atoms with Crippen LogP contribution in [0.2, 0.25) is 0 Å². The first kappa shape index (κ1) is 21.0. The number of amides is 2. The minimum Gasteiger partial charge on any atom is -0.357 e. The number of guanidine groups is 1. The fourth-order valence-electron chi connectivity index (χ4n) is 3.14. The van der Waals surface area contributed by atoms with E-state index in [1.54, 1.807) is 35.6 Å². The third kappa shape index (κ3) is 5.00. The summed E-state index contributed by atoms with van der Waals surface area (Å²) in [6.45, 7) is 8.57. The van der Waals surface area contributed by atoms with Gasteiger partial charge >= 0.3 is 0 Å². The van der Waals surface area contributed by atoms with Crippen LogP contribution in [0.1, 0.15) is 56.1 Å². The number of aromatic nitrogens is 1. The van der Waals surface area contributed by atoms with Gasteiger partial charge in [0.15, 0.2) is 5.96 Å². The van der Waals surface area contributed by atoms with Crippen LogP contribution in [-0.2, 0) is 6.54 Å². The first-order chi connectivity index (χ1) is 14.0. The molecule has 0 unspecified atom stereocenters. The molecule has 0 saturated carbocycles. The number of rotatable bonds is 8. The number of aryl methyl sites for hydroxylation is 2. The number of hydrogen-bond acceptors (Lipinski definition) is 5. The minimum absolute atomic E-state index is 0.192. The highest BCUT2D eigenvalue weighted by molar-refractivity contribution is 7.11. The SMILES string of the molecule is CCNC(=NCc1nc(C)c(C)s1)NCCCCN1C(=O)c2ccccc2C1=O. The van der Waals surface area contributed by atoms with E-state index in [2.05, 4.69) is 27.5 Å². The van der Waals surface area contributed by atoms with Gasteiger partial charge in [-0.05, 0) is 45.7 Å². The molecule has 2 aromatic rings. The molecule has 1 aliphatic heterocycles. The fourth-order valence-corrected chi connectivity index (χ4v) is 4.00. The molecule has 29 heavy (non-hydrogen) atoms. The van der Waals surface area contributed by atoms with Crippen LogP contribution in [-0.4, -0.2) is 47.3 Å². The fraction of sp³-hybridized carbons (Fsp3) is 0.429. The van der Waals surface area contributed by atoms with Crippen LogP contribution < -0.4 is 10.6 Å².